The van der Waals surface area contributed by atoms with E-state index in [4.69, 9.17) is 0 Å². The Morgan fingerprint density at radius 3 is 3.08 bits per heavy atom. The van der Waals surface area contributed by atoms with Gasteiger partial charge >= 0.3 is 0 Å². The van der Waals surface area contributed by atoms with Crippen LogP contribution in [0.15, 0.2) is 23.5 Å². The molecule has 0 spiro atoms. The molecule has 0 N–H and O–H groups in total. The Kier molecular flexibility index (Phi) is 2.88. The highest BCUT2D eigenvalue weighted by Crippen LogP contribution is 2.25. The molecule has 0 aliphatic carbocycles. The molecule has 0 fully saturated rings. The fourth-order valence-corrected chi connectivity index (χ4v) is 3.01. The zero-order chi connectivity index (χ0) is 9.26. The summed E-state index contributed by atoms with van der Waals surface area (Å²) < 4.78 is 1.18. The first kappa shape index (κ1) is 9.45. The fraction of sp³-hybridized carbons (Fsp3) is 0.333. The third kappa shape index (κ3) is 2.04. The van der Waals surface area contributed by atoms with Crippen molar-refractivity contribution in [3.05, 3.63) is 27.6 Å². The normalized spacial score (nSPS) is 21.7. The van der Waals surface area contributed by atoms with Gasteiger partial charge in [0.1, 0.15) is 0 Å². The van der Waals surface area contributed by atoms with E-state index < -0.39 is 0 Å². The van der Waals surface area contributed by atoms with Gasteiger partial charge in [-0.3, -0.25) is 9.98 Å². The first-order valence-electron chi connectivity index (χ1n) is 4.08. The van der Waals surface area contributed by atoms with E-state index in [0.717, 1.165) is 5.75 Å². The number of rotatable bonds is 1. The van der Waals surface area contributed by atoms with Gasteiger partial charge in [-0.05, 0) is 35.6 Å². The molecule has 2 rings (SSSR count). The number of nitrogens with zero attached hydrogens (tertiary/aromatic N) is 2. The van der Waals surface area contributed by atoms with Gasteiger partial charge in [-0.1, -0.05) is 0 Å². The van der Waals surface area contributed by atoms with E-state index in [1.54, 1.807) is 0 Å². The number of hydrogen-bond donors (Lipinski definition) is 0. The summed E-state index contributed by atoms with van der Waals surface area (Å²) in [7, 11) is 0. The molecule has 0 amide bonds. The topological polar surface area (TPSA) is 25.2 Å². The van der Waals surface area contributed by atoms with E-state index in [1.165, 1.54) is 14.2 Å². The summed E-state index contributed by atoms with van der Waals surface area (Å²) in [6.45, 7) is 2.15. The zero-order valence-corrected chi connectivity index (χ0v) is 10.2. The monoisotopic (exact) mass is 304 g/mol. The standard InChI is InChI=1S/C9H9IN2S/c1-6-5-13-9(12-6)7-2-3-11-4-8(7)10/h2-4,6H,5H2,1H3/t6-/m1/s1. The first-order chi connectivity index (χ1) is 6.27. The molecule has 4 heteroatoms. The average Bonchev–Trinajstić information content (AvgIpc) is 2.53. The van der Waals surface area contributed by atoms with Crippen molar-refractivity contribution >= 4 is 39.4 Å². The van der Waals surface area contributed by atoms with Crippen LogP contribution in [0, 0.1) is 3.57 Å². The summed E-state index contributed by atoms with van der Waals surface area (Å²) in [6.07, 6.45) is 3.70. The van der Waals surface area contributed by atoms with Gasteiger partial charge in [-0.25, -0.2) is 0 Å². The van der Waals surface area contributed by atoms with Gasteiger partial charge in [-0.15, -0.1) is 11.8 Å². The Morgan fingerprint density at radius 1 is 1.62 bits per heavy atom. The van der Waals surface area contributed by atoms with E-state index >= 15 is 0 Å². The summed E-state index contributed by atoms with van der Waals surface area (Å²) in [5.41, 5.74) is 1.23. The van der Waals surface area contributed by atoms with Gasteiger partial charge in [0.15, 0.2) is 0 Å². The van der Waals surface area contributed by atoms with Crippen molar-refractivity contribution in [3.63, 3.8) is 0 Å². The second kappa shape index (κ2) is 3.96. The maximum atomic E-state index is 4.57. The third-order valence-electron chi connectivity index (χ3n) is 1.80. The van der Waals surface area contributed by atoms with Crippen molar-refractivity contribution in [3.8, 4) is 0 Å². The van der Waals surface area contributed by atoms with Crippen molar-refractivity contribution in [2.75, 3.05) is 5.75 Å². The number of hydrogen-bond acceptors (Lipinski definition) is 3. The van der Waals surface area contributed by atoms with Crippen molar-refractivity contribution in [1.82, 2.24) is 4.98 Å². The van der Waals surface area contributed by atoms with Crippen LogP contribution in [0.1, 0.15) is 12.5 Å². The molecule has 68 valence electrons. The number of thioether (sulfide) groups is 1. The molecule has 1 aliphatic heterocycles. The molecule has 0 saturated heterocycles. The van der Waals surface area contributed by atoms with E-state index in [2.05, 4.69) is 39.5 Å². The Labute approximate surface area is 95.4 Å². The summed E-state index contributed by atoms with van der Waals surface area (Å²) in [5.74, 6) is 1.10. The molecule has 1 aliphatic rings. The Balaban J connectivity index is 2.36. The Hall–Kier alpha value is -0.100. The minimum Gasteiger partial charge on any atom is -0.274 e. The van der Waals surface area contributed by atoms with Gasteiger partial charge in [0, 0.05) is 27.3 Å². The van der Waals surface area contributed by atoms with Crippen molar-refractivity contribution < 1.29 is 0 Å². The molecule has 0 aromatic carbocycles. The molecule has 0 unspecified atom stereocenters. The van der Waals surface area contributed by atoms with Gasteiger partial charge in [-0.2, -0.15) is 0 Å². The second-order valence-corrected chi connectivity index (χ2v) is 5.12. The van der Waals surface area contributed by atoms with Gasteiger partial charge < -0.3 is 0 Å². The van der Waals surface area contributed by atoms with Crippen LogP contribution in [0.2, 0.25) is 0 Å². The van der Waals surface area contributed by atoms with Crippen LogP contribution >= 0.6 is 34.4 Å². The number of halogens is 1. The minimum atomic E-state index is 0.462. The second-order valence-electron chi connectivity index (χ2n) is 2.95. The number of aromatic nitrogens is 1. The van der Waals surface area contributed by atoms with E-state index in [1.807, 2.05) is 30.2 Å². The quantitative estimate of drug-likeness (QED) is 0.745. The van der Waals surface area contributed by atoms with Crippen molar-refractivity contribution in [1.29, 1.82) is 0 Å². The lowest BCUT2D eigenvalue weighted by molar-refractivity contribution is 0.865. The lowest BCUT2D eigenvalue weighted by Crippen LogP contribution is -1.96. The molecule has 0 saturated carbocycles. The maximum absolute atomic E-state index is 4.57. The summed E-state index contributed by atoms with van der Waals surface area (Å²) in [5, 5.41) is 1.17. The highest BCUT2D eigenvalue weighted by Gasteiger charge is 2.16. The predicted octanol–water partition coefficient (Wildman–Crippen LogP) is 2.57. The van der Waals surface area contributed by atoms with Crippen LogP contribution in [-0.2, 0) is 0 Å². The summed E-state index contributed by atoms with van der Waals surface area (Å²) in [6, 6.07) is 2.50. The molecular weight excluding hydrogens is 295 g/mol. The molecular formula is C9H9IN2S. The smallest absolute Gasteiger partial charge is 0.0993 e. The average molecular weight is 304 g/mol. The molecule has 1 aromatic heterocycles. The van der Waals surface area contributed by atoms with Gasteiger partial charge in [0.2, 0.25) is 0 Å². The molecule has 0 radical (unpaired) electrons. The molecule has 1 aromatic rings. The van der Waals surface area contributed by atoms with Crippen LogP contribution < -0.4 is 0 Å². The molecule has 1 atom stereocenters. The molecule has 13 heavy (non-hydrogen) atoms. The summed E-state index contributed by atoms with van der Waals surface area (Å²) in [4.78, 5) is 8.63. The van der Waals surface area contributed by atoms with Crippen LogP contribution in [0.25, 0.3) is 0 Å². The fourth-order valence-electron chi connectivity index (χ4n) is 1.17. The van der Waals surface area contributed by atoms with E-state index in [0.29, 0.717) is 6.04 Å². The molecule has 2 nitrogen and oxygen atoms in total. The number of pyridine rings is 1. The SMILES string of the molecule is C[C@@H]1CSC(c2ccncc2I)=N1. The van der Waals surface area contributed by atoms with Crippen LogP contribution in [0.5, 0.6) is 0 Å². The lowest BCUT2D eigenvalue weighted by atomic mass is 10.3. The highest BCUT2D eigenvalue weighted by atomic mass is 127. The molecule has 2 heterocycles. The van der Waals surface area contributed by atoms with Gasteiger partial charge in [0.25, 0.3) is 0 Å². The van der Waals surface area contributed by atoms with Crippen molar-refractivity contribution in [2.24, 2.45) is 4.99 Å². The minimum absolute atomic E-state index is 0.462. The third-order valence-corrected chi connectivity index (χ3v) is 3.91. The van der Waals surface area contributed by atoms with Gasteiger partial charge in [0.05, 0.1) is 11.1 Å². The molecule has 0 bridgehead atoms. The largest absolute Gasteiger partial charge is 0.274 e. The maximum Gasteiger partial charge on any atom is 0.0993 e. The zero-order valence-electron chi connectivity index (χ0n) is 7.20. The van der Waals surface area contributed by atoms with E-state index in [9.17, 15) is 0 Å². The highest BCUT2D eigenvalue weighted by molar-refractivity contribution is 14.1. The Morgan fingerprint density at radius 2 is 2.46 bits per heavy atom. The predicted molar refractivity (Wildman–Crippen MR) is 65.4 cm³/mol. The Bertz CT molecular complexity index is 351. The van der Waals surface area contributed by atoms with Crippen LogP contribution in [-0.4, -0.2) is 21.8 Å². The lowest BCUT2D eigenvalue weighted by Gasteiger charge is -2.00. The summed E-state index contributed by atoms with van der Waals surface area (Å²) >= 11 is 4.14. The van der Waals surface area contributed by atoms with Crippen LogP contribution in [0.3, 0.4) is 0 Å². The van der Waals surface area contributed by atoms with Crippen LogP contribution in [0.4, 0.5) is 0 Å². The first-order valence-corrected chi connectivity index (χ1v) is 6.14. The van der Waals surface area contributed by atoms with E-state index in [-0.39, 0.29) is 0 Å². The van der Waals surface area contributed by atoms with Crippen molar-refractivity contribution in [2.45, 2.75) is 13.0 Å². The number of aliphatic imine (C=N–C) groups is 1.